The summed E-state index contributed by atoms with van der Waals surface area (Å²) in [6.07, 6.45) is 0. The van der Waals surface area contributed by atoms with Gasteiger partial charge >= 0.3 is 0 Å². The summed E-state index contributed by atoms with van der Waals surface area (Å²) in [7, 11) is 3.41. The number of hydrogen-bond acceptors (Lipinski definition) is 2. The number of rotatable bonds is 5. The smallest absolute Gasteiger partial charge is 0.0917 e. The van der Waals surface area contributed by atoms with Crippen molar-refractivity contribution in [2.24, 2.45) is 0 Å². The van der Waals surface area contributed by atoms with Gasteiger partial charge in [-0.1, -0.05) is 30.3 Å². The molecule has 2 nitrogen and oxygen atoms in total. The maximum atomic E-state index is 5.97. The summed E-state index contributed by atoms with van der Waals surface area (Å²) in [5, 5.41) is 2.52. The molecule has 2 aromatic carbocycles. The van der Waals surface area contributed by atoms with Gasteiger partial charge in [0.15, 0.2) is 0 Å². The molecule has 2 aromatic rings. The fraction of sp³-hybridized carbons (Fsp3) is 0.250. The van der Waals surface area contributed by atoms with E-state index in [9.17, 15) is 0 Å². The Morgan fingerprint density at radius 2 is 1.47 bits per heavy atom. The van der Waals surface area contributed by atoms with E-state index in [0.717, 1.165) is 6.61 Å². The molecule has 0 fully saturated rings. The van der Waals surface area contributed by atoms with E-state index in [-0.39, 0.29) is 0 Å². The summed E-state index contributed by atoms with van der Waals surface area (Å²) in [5.74, 6) is 0. The standard InChI is InChI=1S/C16H20NOP/c1-4-18-19(15-8-6-5-7-9-15)16-12-10-14(11-13-16)17(2)3/h5-13H,4H2,1-3H3. The minimum atomic E-state index is -0.701. The molecular weight excluding hydrogens is 253 g/mol. The third-order valence-electron chi connectivity index (χ3n) is 2.85. The largest absolute Gasteiger partial charge is 0.378 e. The molecule has 1 atom stereocenters. The van der Waals surface area contributed by atoms with Gasteiger partial charge in [-0.15, -0.1) is 0 Å². The molecule has 0 spiro atoms. The summed E-state index contributed by atoms with van der Waals surface area (Å²) in [5.41, 5.74) is 1.21. The first-order valence-corrected chi connectivity index (χ1v) is 7.74. The van der Waals surface area contributed by atoms with Crippen LogP contribution in [0.3, 0.4) is 0 Å². The molecule has 3 heteroatoms. The van der Waals surface area contributed by atoms with Gasteiger partial charge in [0.05, 0.1) is 8.15 Å². The van der Waals surface area contributed by atoms with Gasteiger partial charge in [0.2, 0.25) is 0 Å². The third kappa shape index (κ3) is 3.56. The first kappa shape index (κ1) is 14.0. The first-order chi connectivity index (χ1) is 9.22. The fourth-order valence-corrected chi connectivity index (χ4v) is 3.59. The maximum Gasteiger partial charge on any atom is 0.0917 e. The molecule has 19 heavy (non-hydrogen) atoms. The Bertz CT molecular complexity index is 496. The molecule has 100 valence electrons. The molecule has 0 bridgehead atoms. The lowest BCUT2D eigenvalue weighted by Gasteiger charge is -2.19. The number of benzene rings is 2. The van der Waals surface area contributed by atoms with Crippen LogP contribution < -0.4 is 15.5 Å². The van der Waals surface area contributed by atoms with Gasteiger partial charge in [0.25, 0.3) is 0 Å². The van der Waals surface area contributed by atoms with E-state index >= 15 is 0 Å². The van der Waals surface area contributed by atoms with Gasteiger partial charge in [-0.05, 0) is 31.2 Å². The minimum Gasteiger partial charge on any atom is -0.378 e. The fourth-order valence-electron chi connectivity index (χ4n) is 1.88. The molecule has 0 N–H and O–H groups in total. The number of nitrogens with zero attached hydrogens (tertiary/aromatic N) is 1. The van der Waals surface area contributed by atoms with Crippen molar-refractivity contribution in [3.8, 4) is 0 Å². The van der Waals surface area contributed by atoms with Crippen molar-refractivity contribution >= 4 is 24.4 Å². The van der Waals surface area contributed by atoms with Gasteiger partial charge in [-0.25, -0.2) is 0 Å². The van der Waals surface area contributed by atoms with Gasteiger partial charge in [0, 0.05) is 37.0 Å². The van der Waals surface area contributed by atoms with Crippen molar-refractivity contribution in [1.82, 2.24) is 0 Å². The van der Waals surface area contributed by atoms with Gasteiger partial charge in [-0.3, -0.25) is 0 Å². The van der Waals surface area contributed by atoms with Crippen LogP contribution in [0.5, 0.6) is 0 Å². The highest BCUT2D eigenvalue weighted by molar-refractivity contribution is 7.68. The molecular formula is C16H20NOP. The highest BCUT2D eigenvalue weighted by Gasteiger charge is 2.14. The lowest BCUT2D eigenvalue weighted by molar-refractivity contribution is 0.388. The van der Waals surface area contributed by atoms with Crippen molar-refractivity contribution in [3.05, 3.63) is 54.6 Å². The van der Waals surface area contributed by atoms with E-state index in [1.54, 1.807) is 0 Å². The van der Waals surface area contributed by atoms with E-state index in [4.69, 9.17) is 4.52 Å². The van der Waals surface area contributed by atoms with E-state index in [0.29, 0.717) is 0 Å². The monoisotopic (exact) mass is 273 g/mol. The highest BCUT2D eigenvalue weighted by Crippen LogP contribution is 2.34. The van der Waals surface area contributed by atoms with Crippen LogP contribution in [0, 0.1) is 0 Å². The van der Waals surface area contributed by atoms with E-state index in [2.05, 4.69) is 67.5 Å². The molecule has 0 radical (unpaired) electrons. The van der Waals surface area contributed by atoms with Crippen molar-refractivity contribution in [3.63, 3.8) is 0 Å². The van der Waals surface area contributed by atoms with Crippen LogP contribution in [0.1, 0.15) is 6.92 Å². The topological polar surface area (TPSA) is 12.5 Å². The molecule has 0 aliphatic rings. The van der Waals surface area contributed by atoms with Crippen molar-refractivity contribution in [2.45, 2.75) is 6.92 Å². The Morgan fingerprint density at radius 1 is 0.895 bits per heavy atom. The van der Waals surface area contributed by atoms with E-state index < -0.39 is 8.15 Å². The molecule has 0 saturated carbocycles. The maximum absolute atomic E-state index is 5.97. The Hall–Kier alpha value is -1.37. The number of anilines is 1. The van der Waals surface area contributed by atoms with Gasteiger partial charge in [-0.2, -0.15) is 0 Å². The van der Waals surface area contributed by atoms with Gasteiger partial charge in [0.1, 0.15) is 0 Å². The molecule has 0 saturated heterocycles. The molecule has 0 amide bonds. The van der Waals surface area contributed by atoms with Crippen molar-refractivity contribution in [2.75, 3.05) is 25.6 Å². The quantitative estimate of drug-likeness (QED) is 0.776. The van der Waals surface area contributed by atoms with Crippen LogP contribution in [0.25, 0.3) is 0 Å². The normalized spacial score (nSPS) is 12.2. The van der Waals surface area contributed by atoms with Crippen LogP contribution in [0.2, 0.25) is 0 Å². The predicted molar refractivity (Wildman–Crippen MR) is 85.0 cm³/mol. The lowest BCUT2D eigenvalue weighted by Crippen LogP contribution is -2.15. The summed E-state index contributed by atoms with van der Waals surface area (Å²) in [6.45, 7) is 2.78. The second-order valence-electron chi connectivity index (χ2n) is 4.46. The summed E-state index contributed by atoms with van der Waals surface area (Å²) < 4.78 is 5.97. The Kier molecular flexibility index (Phi) is 4.95. The highest BCUT2D eigenvalue weighted by atomic mass is 31.1. The van der Waals surface area contributed by atoms with Gasteiger partial charge < -0.3 is 9.42 Å². The molecule has 1 unspecified atom stereocenters. The molecule has 2 rings (SSSR count). The zero-order valence-electron chi connectivity index (χ0n) is 11.7. The summed E-state index contributed by atoms with van der Waals surface area (Å²) >= 11 is 0. The van der Waals surface area contributed by atoms with Crippen LogP contribution in [-0.4, -0.2) is 20.7 Å². The van der Waals surface area contributed by atoms with Crippen LogP contribution in [0.15, 0.2) is 54.6 Å². The second kappa shape index (κ2) is 6.70. The molecule has 0 aliphatic carbocycles. The SMILES string of the molecule is CCOP(c1ccccc1)c1ccc(N(C)C)cc1. The van der Waals surface area contributed by atoms with E-state index in [1.165, 1.54) is 16.3 Å². The minimum absolute atomic E-state index is 0.701. The lowest BCUT2D eigenvalue weighted by atomic mass is 10.3. The van der Waals surface area contributed by atoms with Crippen molar-refractivity contribution in [1.29, 1.82) is 0 Å². The zero-order chi connectivity index (χ0) is 13.7. The summed E-state index contributed by atoms with van der Waals surface area (Å²) in [4.78, 5) is 2.11. The number of hydrogen-bond donors (Lipinski definition) is 0. The average Bonchev–Trinajstić information content (AvgIpc) is 2.46. The zero-order valence-corrected chi connectivity index (χ0v) is 12.6. The average molecular weight is 273 g/mol. The van der Waals surface area contributed by atoms with Crippen molar-refractivity contribution < 1.29 is 4.52 Å². The van der Waals surface area contributed by atoms with Crippen LogP contribution in [-0.2, 0) is 4.52 Å². The van der Waals surface area contributed by atoms with Crippen LogP contribution in [0.4, 0.5) is 5.69 Å². The Balaban J connectivity index is 2.29. The van der Waals surface area contributed by atoms with E-state index in [1.807, 2.05) is 13.0 Å². The molecule has 0 aromatic heterocycles. The molecule has 0 aliphatic heterocycles. The first-order valence-electron chi connectivity index (χ1n) is 6.48. The molecule has 0 heterocycles. The second-order valence-corrected chi connectivity index (χ2v) is 6.34. The Labute approximate surface area is 116 Å². The summed E-state index contributed by atoms with van der Waals surface area (Å²) in [6, 6.07) is 19.1. The predicted octanol–water partition coefficient (Wildman–Crippen LogP) is 3.14. The third-order valence-corrected chi connectivity index (χ3v) is 4.90. The van der Waals surface area contributed by atoms with Crippen LogP contribution >= 0.6 is 8.15 Å². The Morgan fingerprint density at radius 3 is 2.00 bits per heavy atom.